The Hall–Kier alpha value is -2.28. The molecule has 1 aromatic heterocycles. The van der Waals surface area contributed by atoms with Crippen LogP contribution in [0.4, 0.5) is 4.39 Å². The predicted octanol–water partition coefficient (Wildman–Crippen LogP) is 1.89. The Kier molecular flexibility index (Phi) is 3.80. The molecule has 2 aromatic rings. The maximum absolute atomic E-state index is 13.0. The van der Waals surface area contributed by atoms with E-state index in [4.69, 9.17) is 5.11 Å². The second kappa shape index (κ2) is 5.38. The molecule has 0 radical (unpaired) electrons. The number of benzene rings is 1. The van der Waals surface area contributed by atoms with Crippen LogP contribution >= 0.6 is 0 Å². The quantitative estimate of drug-likeness (QED) is 0.931. The number of carboxylic acid groups (broad SMARTS) is 1. The number of halogens is 1. The van der Waals surface area contributed by atoms with Gasteiger partial charge in [-0.1, -0.05) is 0 Å². The predicted molar refractivity (Wildman–Crippen MR) is 68.5 cm³/mol. The lowest BCUT2D eigenvalue weighted by Crippen LogP contribution is -2.06. The van der Waals surface area contributed by atoms with E-state index in [1.54, 1.807) is 0 Å². The monoisotopic (exact) mass is 295 g/mol. The van der Waals surface area contributed by atoms with Gasteiger partial charge < -0.3 is 5.11 Å². The SMILES string of the molecule is O=C(O)c1ccc(S(=O)(=O)Cc2cncc(F)c2)cc1. The van der Waals surface area contributed by atoms with Crippen LogP contribution in [-0.2, 0) is 15.6 Å². The van der Waals surface area contributed by atoms with Crippen LogP contribution < -0.4 is 0 Å². The molecule has 1 aromatic carbocycles. The highest BCUT2D eigenvalue weighted by Gasteiger charge is 2.16. The molecular weight excluding hydrogens is 285 g/mol. The molecule has 5 nitrogen and oxygen atoms in total. The van der Waals surface area contributed by atoms with Crippen molar-refractivity contribution in [2.75, 3.05) is 0 Å². The number of aromatic carboxylic acids is 1. The molecule has 0 unspecified atom stereocenters. The van der Waals surface area contributed by atoms with E-state index in [1.165, 1.54) is 30.5 Å². The van der Waals surface area contributed by atoms with Gasteiger partial charge in [0.1, 0.15) is 5.82 Å². The molecule has 1 N–H and O–H groups in total. The molecule has 1 heterocycles. The van der Waals surface area contributed by atoms with Gasteiger partial charge in [-0.2, -0.15) is 0 Å². The molecular formula is C13H10FNO4S. The van der Waals surface area contributed by atoms with Gasteiger partial charge in [-0.3, -0.25) is 4.98 Å². The highest BCUT2D eigenvalue weighted by atomic mass is 32.2. The molecule has 0 fully saturated rings. The average Bonchev–Trinajstić information content (AvgIpc) is 2.38. The minimum atomic E-state index is -3.67. The van der Waals surface area contributed by atoms with Gasteiger partial charge in [-0.05, 0) is 35.9 Å². The molecule has 0 amide bonds. The molecule has 0 spiro atoms. The Labute approximate surface area is 114 Å². The normalized spacial score (nSPS) is 11.2. The van der Waals surface area contributed by atoms with E-state index >= 15 is 0 Å². The van der Waals surface area contributed by atoms with Crippen molar-refractivity contribution in [2.45, 2.75) is 10.6 Å². The largest absolute Gasteiger partial charge is 0.478 e. The third kappa shape index (κ3) is 3.18. The lowest BCUT2D eigenvalue weighted by Gasteiger charge is -2.05. The van der Waals surface area contributed by atoms with E-state index in [2.05, 4.69) is 4.98 Å². The minimum absolute atomic E-state index is 0.00336. The van der Waals surface area contributed by atoms with Crippen LogP contribution in [0.5, 0.6) is 0 Å². The summed E-state index contributed by atoms with van der Waals surface area (Å²) in [5, 5.41) is 8.74. The molecule has 0 bridgehead atoms. The number of pyridine rings is 1. The lowest BCUT2D eigenvalue weighted by atomic mass is 10.2. The van der Waals surface area contributed by atoms with Crippen LogP contribution in [0, 0.1) is 5.82 Å². The summed E-state index contributed by atoms with van der Waals surface area (Å²) in [4.78, 5) is 14.3. The van der Waals surface area contributed by atoms with Gasteiger partial charge in [-0.25, -0.2) is 17.6 Å². The van der Waals surface area contributed by atoms with Crippen LogP contribution in [0.15, 0.2) is 47.6 Å². The summed E-state index contributed by atoms with van der Waals surface area (Å²) in [6, 6.07) is 5.94. The Bertz CT molecular complexity index is 741. The van der Waals surface area contributed by atoms with Gasteiger partial charge in [0.15, 0.2) is 9.84 Å². The van der Waals surface area contributed by atoms with Gasteiger partial charge in [0.2, 0.25) is 0 Å². The molecule has 7 heteroatoms. The van der Waals surface area contributed by atoms with Gasteiger partial charge in [0.05, 0.1) is 22.4 Å². The average molecular weight is 295 g/mol. The minimum Gasteiger partial charge on any atom is -0.478 e. The van der Waals surface area contributed by atoms with E-state index in [0.29, 0.717) is 0 Å². The van der Waals surface area contributed by atoms with Crippen LogP contribution in [0.1, 0.15) is 15.9 Å². The molecule has 20 heavy (non-hydrogen) atoms. The molecule has 104 valence electrons. The summed E-state index contributed by atoms with van der Waals surface area (Å²) < 4.78 is 37.2. The number of carbonyl (C=O) groups is 1. The van der Waals surface area contributed by atoms with Crippen molar-refractivity contribution in [3.8, 4) is 0 Å². The van der Waals surface area contributed by atoms with Gasteiger partial charge >= 0.3 is 5.97 Å². The van der Waals surface area contributed by atoms with Crippen molar-refractivity contribution in [2.24, 2.45) is 0 Å². The fourth-order valence-corrected chi connectivity index (χ4v) is 2.96. The van der Waals surface area contributed by atoms with Crippen molar-refractivity contribution < 1.29 is 22.7 Å². The van der Waals surface area contributed by atoms with Crippen LogP contribution in [0.25, 0.3) is 0 Å². The van der Waals surface area contributed by atoms with Crippen molar-refractivity contribution in [3.05, 3.63) is 59.7 Å². The first-order valence-corrected chi connectivity index (χ1v) is 7.19. The first-order chi connectivity index (χ1) is 9.38. The Morgan fingerprint density at radius 1 is 1.20 bits per heavy atom. The highest BCUT2D eigenvalue weighted by molar-refractivity contribution is 7.90. The molecule has 0 aliphatic carbocycles. The van der Waals surface area contributed by atoms with Gasteiger partial charge in [0.25, 0.3) is 0 Å². The van der Waals surface area contributed by atoms with Crippen molar-refractivity contribution in [1.29, 1.82) is 0 Å². The second-order valence-corrected chi connectivity index (χ2v) is 6.09. The topological polar surface area (TPSA) is 84.3 Å². The third-order valence-corrected chi connectivity index (χ3v) is 4.28. The zero-order valence-electron chi connectivity index (χ0n) is 10.2. The summed E-state index contributed by atoms with van der Waals surface area (Å²) in [6.45, 7) is 0. The van der Waals surface area contributed by atoms with Crippen molar-refractivity contribution in [1.82, 2.24) is 4.98 Å². The van der Waals surface area contributed by atoms with Gasteiger partial charge in [0, 0.05) is 6.20 Å². The number of carboxylic acids is 1. The Morgan fingerprint density at radius 3 is 2.40 bits per heavy atom. The Balaban J connectivity index is 2.28. The van der Waals surface area contributed by atoms with Crippen LogP contribution in [-0.4, -0.2) is 24.5 Å². The van der Waals surface area contributed by atoms with E-state index in [0.717, 1.165) is 12.3 Å². The molecule has 0 aliphatic rings. The summed E-state index contributed by atoms with van der Waals surface area (Å²) in [5.74, 6) is -2.15. The number of rotatable bonds is 4. The van der Waals surface area contributed by atoms with Crippen molar-refractivity contribution >= 4 is 15.8 Å². The molecule has 0 saturated heterocycles. The molecule has 0 saturated carbocycles. The number of aromatic nitrogens is 1. The van der Waals surface area contributed by atoms with E-state index in [9.17, 15) is 17.6 Å². The van der Waals surface area contributed by atoms with Crippen LogP contribution in [0.2, 0.25) is 0 Å². The summed E-state index contributed by atoms with van der Waals surface area (Å²) in [7, 11) is -3.67. The molecule has 0 atom stereocenters. The lowest BCUT2D eigenvalue weighted by molar-refractivity contribution is 0.0696. The number of nitrogens with zero attached hydrogens (tertiary/aromatic N) is 1. The fraction of sp³-hybridized carbons (Fsp3) is 0.0769. The van der Waals surface area contributed by atoms with E-state index in [-0.39, 0.29) is 16.0 Å². The summed E-state index contributed by atoms with van der Waals surface area (Å²) in [6.07, 6.45) is 2.25. The van der Waals surface area contributed by atoms with Crippen LogP contribution in [0.3, 0.4) is 0 Å². The standard InChI is InChI=1S/C13H10FNO4S/c14-11-5-9(6-15-7-11)8-20(18,19)12-3-1-10(2-4-12)13(16)17/h1-7H,8H2,(H,16,17). The first kappa shape index (κ1) is 14.1. The van der Waals surface area contributed by atoms with Gasteiger partial charge in [-0.15, -0.1) is 0 Å². The number of hydrogen-bond acceptors (Lipinski definition) is 4. The molecule has 2 rings (SSSR count). The summed E-state index contributed by atoms with van der Waals surface area (Å²) in [5.41, 5.74) is 0.226. The fourth-order valence-electron chi connectivity index (χ4n) is 1.64. The van der Waals surface area contributed by atoms with E-state index in [1.807, 2.05) is 0 Å². The van der Waals surface area contributed by atoms with E-state index < -0.39 is 27.4 Å². The zero-order valence-corrected chi connectivity index (χ0v) is 11.0. The maximum Gasteiger partial charge on any atom is 0.335 e. The number of sulfone groups is 1. The first-order valence-electron chi connectivity index (χ1n) is 5.54. The Morgan fingerprint density at radius 2 is 1.85 bits per heavy atom. The smallest absolute Gasteiger partial charge is 0.335 e. The zero-order chi connectivity index (χ0) is 14.8. The highest BCUT2D eigenvalue weighted by Crippen LogP contribution is 2.17. The number of hydrogen-bond donors (Lipinski definition) is 1. The summed E-state index contributed by atoms with van der Waals surface area (Å²) >= 11 is 0. The maximum atomic E-state index is 13.0. The third-order valence-electron chi connectivity index (χ3n) is 2.58. The van der Waals surface area contributed by atoms with Crippen molar-refractivity contribution in [3.63, 3.8) is 0 Å². The molecule has 0 aliphatic heterocycles. The second-order valence-electron chi connectivity index (χ2n) is 4.10.